The van der Waals surface area contributed by atoms with Crippen LogP contribution in [0.3, 0.4) is 0 Å². The highest BCUT2D eigenvalue weighted by molar-refractivity contribution is 7.99. The van der Waals surface area contributed by atoms with Crippen LogP contribution in [0.5, 0.6) is 0 Å². The van der Waals surface area contributed by atoms with Gasteiger partial charge in [-0.15, -0.1) is 12.6 Å². The summed E-state index contributed by atoms with van der Waals surface area (Å²) in [5, 5.41) is -0.145. The molecule has 1 unspecified atom stereocenters. The van der Waals surface area contributed by atoms with Crippen molar-refractivity contribution in [1.29, 1.82) is 0 Å². The minimum Gasteiger partial charge on any atom is -0.286 e. The standard InChI is InChI=1S/C8H15NOS4/c10-8(11)7(9(12)13)5-6-1-3-14-4-2-6/h6-7,12-13H,1-5H2,(H,10,11). The maximum Gasteiger partial charge on any atom is 0.204 e. The van der Waals surface area contributed by atoms with Crippen molar-refractivity contribution in [2.45, 2.75) is 25.3 Å². The number of rotatable bonds is 4. The van der Waals surface area contributed by atoms with Gasteiger partial charge in [0.1, 0.15) is 0 Å². The molecule has 1 saturated heterocycles. The smallest absolute Gasteiger partial charge is 0.204 e. The van der Waals surface area contributed by atoms with Crippen LogP contribution in [0, 0.1) is 5.92 Å². The van der Waals surface area contributed by atoms with E-state index in [0.29, 0.717) is 5.92 Å². The second-order valence-corrected chi connectivity index (χ2v) is 6.31. The van der Waals surface area contributed by atoms with Gasteiger partial charge in [-0.25, -0.2) is 0 Å². The molecule has 14 heavy (non-hydrogen) atoms. The Morgan fingerprint density at radius 3 is 2.43 bits per heavy atom. The molecule has 1 rings (SSSR count). The molecule has 0 aromatic heterocycles. The predicted molar refractivity (Wildman–Crippen MR) is 72.3 cm³/mol. The third-order valence-electron chi connectivity index (χ3n) is 2.46. The molecule has 0 amide bonds. The topological polar surface area (TPSA) is 20.3 Å². The normalized spacial score (nSPS) is 21.1. The average molecular weight is 269 g/mol. The van der Waals surface area contributed by atoms with Crippen LogP contribution in [-0.4, -0.2) is 26.4 Å². The fraction of sp³-hybridized carbons (Fsp3) is 0.875. The van der Waals surface area contributed by atoms with Crippen molar-refractivity contribution in [1.82, 2.24) is 3.71 Å². The Hall–Kier alpha value is 1.03. The summed E-state index contributed by atoms with van der Waals surface area (Å²) in [7, 11) is 0. The molecule has 0 aliphatic carbocycles. The van der Waals surface area contributed by atoms with E-state index in [1.54, 1.807) is 0 Å². The van der Waals surface area contributed by atoms with Gasteiger partial charge < -0.3 is 0 Å². The van der Waals surface area contributed by atoms with Gasteiger partial charge >= 0.3 is 0 Å². The quantitative estimate of drug-likeness (QED) is 0.682. The molecule has 1 atom stereocenters. The molecule has 1 aliphatic heterocycles. The molecule has 1 heterocycles. The van der Waals surface area contributed by atoms with Crippen LogP contribution in [0.4, 0.5) is 0 Å². The molecule has 1 aliphatic rings. The second-order valence-electron chi connectivity index (χ2n) is 3.47. The molecule has 0 N–H and O–H groups in total. The molecule has 0 spiro atoms. The van der Waals surface area contributed by atoms with Crippen LogP contribution < -0.4 is 0 Å². The lowest BCUT2D eigenvalue weighted by Gasteiger charge is -2.26. The van der Waals surface area contributed by atoms with Gasteiger partial charge in [0.05, 0.1) is 6.04 Å². The van der Waals surface area contributed by atoms with Crippen LogP contribution in [-0.2, 0) is 4.79 Å². The van der Waals surface area contributed by atoms with Crippen molar-refractivity contribution in [3.8, 4) is 0 Å². The first-order valence-electron chi connectivity index (χ1n) is 4.58. The lowest BCUT2D eigenvalue weighted by atomic mass is 9.95. The molecule has 0 saturated carbocycles. The molecule has 2 nitrogen and oxygen atoms in total. The number of thiol groups is 3. The van der Waals surface area contributed by atoms with E-state index >= 15 is 0 Å². The lowest BCUT2D eigenvalue weighted by Crippen LogP contribution is -2.30. The number of carbonyl (C=O) groups excluding carboxylic acids is 1. The van der Waals surface area contributed by atoms with Gasteiger partial charge in [-0.2, -0.15) is 15.5 Å². The van der Waals surface area contributed by atoms with Crippen LogP contribution in [0.1, 0.15) is 19.3 Å². The predicted octanol–water partition coefficient (Wildman–Crippen LogP) is 2.34. The first kappa shape index (κ1) is 13.1. The summed E-state index contributed by atoms with van der Waals surface area (Å²) in [5.74, 6) is 3.04. The molecule has 0 bridgehead atoms. The summed E-state index contributed by atoms with van der Waals surface area (Å²) in [6.45, 7) is 0. The summed E-state index contributed by atoms with van der Waals surface area (Å²) >= 11 is 13.9. The van der Waals surface area contributed by atoms with Crippen LogP contribution in [0.25, 0.3) is 0 Å². The van der Waals surface area contributed by atoms with Crippen LogP contribution >= 0.6 is 50.0 Å². The fourth-order valence-electron chi connectivity index (χ4n) is 1.59. The Kier molecular flexibility index (Phi) is 6.15. The molecular weight excluding hydrogens is 254 g/mol. The Morgan fingerprint density at radius 1 is 1.43 bits per heavy atom. The van der Waals surface area contributed by atoms with Gasteiger partial charge in [0, 0.05) is 0 Å². The monoisotopic (exact) mass is 269 g/mol. The highest BCUT2D eigenvalue weighted by atomic mass is 32.2. The maximum absolute atomic E-state index is 11.2. The SMILES string of the molecule is O=C(S)C(CC1CCSCC1)N(S)S. The van der Waals surface area contributed by atoms with E-state index in [-0.39, 0.29) is 11.2 Å². The van der Waals surface area contributed by atoms with Crippen molar-refractivity contribution >= 4 is 55.1 Å². The van der Waals surface area contributed by atoms with Crippen molar-refractivity contribution in [2.24, 2.45) is 5.92 Å². The molecule has 82 valence electrons. The Morgan fingerprint density at radius 2 is 2.00 bits per heavy atom. The second kappa shape index (κ2) is 6.58. The van der Waals surface area contributed by atoms with Gasteiger partial charge in [-0.3, -0.25) is 4.79 Å². The zero-order chi connectivity index (χ0) is 10.6. The van der Waals surface area contributed by atoms with E-state index in [4.69, 9.17) is 0 Å². The largest absolute Gasteiger partial charge is 0.286 e. The maximum atomic E-state index is 11.2. The van der Waals surface area contributed by atoms with Crippen molar-refractivity contribution in [2.75, 3.05) is 11.5 Å². The highest BCUT2D eigenvalue weighted by Crippen LogP contribution is 2.29. The molecule has 0 aromatic rings. The minimum atomic E-state index is -0.266. The molecule has 0 aromatic carbocycles. The fourth-order valence-corrected chi connectivity index (χ4v) is 3.60. The van der Waals surface area contributed by atoms with Gasteiger partial charge in [0.15, 0.2) is 0 Å². The van der Waals surface area contributed by atoms with Gasteiger partial charge in [0.25, 0.3) is 0 Å². The number of hydrogen-bond acceptors (Lipinski definition) is 5. The third kappa shape index (κ3) is 4.26. The number of nitrogens with zero attached hydrogens (tertiary/aromatic N) is 1. The van der Waals surface area contributed by atoms with E-state index in [2.05, 4.69) is 38.3 Å². The number of thioether (sulfide) groups is 1. The van der Waals surface area contributed by atoms with E-state index in [1.165, 1.54) is 28.1 Å². The third-order valence-corrected chi connectivity index (χ3v) is 4.37. The summed E-state index contributed by atoms with van der Waals surface area (Å²) in [6, 6.07) is -0.266. The van der Waals surface area contributed by atoms with Gasteiger partial charge in [-0.05, 0) is 36.7 Å². The van der Waals surface area contributed by atoms with Crippen molar-refractivity contribution in [3.63, 3.8) is 0 Å². The molecule has 0 radical (unpaired) electrons. The van der Waals surface area contributed by atoms with E-state index in [1.807, 2.05) is 11.8 Å². The lowest BCUT2D eigenvalue weighted by molar-refractivity contribution is -0.113. The summed E-state index contributed by atoms with van der Waals surface area (Å²) in [5.41, 5.74) is 0. The summed E-state index contributed by atoms with van der Waals surface area (Å²) in [6.07, 6.45) is 3.21. The van der Waals surface area contributed by atoms with Gasteiger partial charge in [0.2, 0.25) is 5.12 Å². The Bertz CT molecular complexity index is 194. The number of carbonyl (C=O) groups is 1. The zero-order valence-electron chi connectivity index (χ0n) is 7.80. The minimum absolute atomic E-state index is 0.145. The average Bonchev–Trinajstić information content (AvgIpc) is 2.15. The van der Waals surface area contributed by atoms with Crippen molar-refractivity contribution < 1.29 is 4.79 Å². The van der Waals surface area contributed by atoms with Crippen molar-refractivity contribution in [3.05, 3.63) is 0 Å². The van der Waals surface area contributed by atoms with Gasteiger partial charge in [-0.1, -0.05) is 25.6 Å². The van der Waals surface area contributed by atoms with E-state index in [0.717, 1.165) is 6.42 Å². The molecule has 6 heteroatoms. The first-order valence-corrected chi connectivity index (χ1v) is 6.99. The number of hydrogen-bond donors (Lipinski definition) is 3. The molecular formula is C8H15NOS4. The summed E-state index contributed by atoms with van der Waals surface area (Å²) in [4.78, 5) is 11.2. The zero-order valence-corrected chi connectivity index (χ0v) is 11.3. The highest BCUT2D eigenvalue weighted by Gasteiger charge is 2.25. The van der Waals surface area contributed by atoms with Crippen LogP contribution in [0.15, 0.2) is 0 Å². The molecule has 1 fully saturated rings. The first-order chi connectivity index (χ1) is 6.61. The summed E-state index contributed by atoms with van der Waals surface area (Å²) < 4.78 is 1.37. The Balaban J connectivity index is 2.41. The Labute approximate surface area is 106 Å². The van der Waals surface area contributed by atoms with E-state index < -0.39 is 0 Å². The van der Waals surface area contributed by atoms with E-state index in [9.17, 15) is 4.79 Å². The van der Waals surface area contributed by atoms with Crippen LogP contribution in [0.2, 0.25) is 0 Å².